The third-order valence-corrected chi connectivity index (χ3v) is 4.94. The van der Waals surface area contributed by atoms with Crippen molar-refractivity contribution in [2.24, 2.45) is 0 Å². The molecule has 0 radical (unpaired) electrons. The molecule has 0 saturated heterocycles. The van der Waals surface area contributed by atoms with Gasteiger partial charge in [-0.15, -0.1) is 0 Å². The lowest BCUT2D eigenvalue weighted by atomic mass is 10.2. The summed E-state index contributed by atoms with van der Waals surface area (Å²) in [5, 5.41) is 0.760. The van der Waals surface area contributed by atoms with E-state index >= 15 is 0 Å². The van der Waals surface area contributed by atoms with Crippen LogP contribution in [-0.2, 0) is 4.79 Å². The van der Waals surface area contributed by atoms with Crippen LogP contribution in [0.5, 0.6) is 5.75 Å². The lowest BCUT2D eigenvalue weighted by molar-refractivity contribution is -0.131. The van der Waals surface area contributed by atoms with Gasteiger partial charge in [0, 0.05) is 21.9 Å². The van der Waals surface area contributed by atoms with Gasteiger partial charge in [-0.2, -0.15) is 0 Å². The van der Waals surface area contributed by atoms with Crippen molar-refractivity contribution in [3.8, 4) is 5.75 Å². The molecular weight excluding hydrogens is 413 g/mol. The van der Waals surface area contributed by atoms with E-state index in [1.54, 1.807) is 6.20 Å². The highest BCUT2D eigenvalue weighted by Gasteiger charge is 2.17. The summed E-state index contributed by atoms with van der Waals surface area (Å²) < 4.78 is 8.43. The van der Waals surface area contributed by atoms with Gasteiger partial charge >= 0.3 is 5.97 Å². The van der Waals surface area contributed by atoms with Crippen LogP contribution in [0.25, 0.3) is 10.9 Å². The summed E-state index contributed by atoms with van der Waals surface area (Å²) in [6, 6.07) is 3.68. The number of hydrogen-bond donors (Lipinski definition) is 0. The molecule has 94 valence electrons. The molecule has 0 aliphatic heterocycles. The van der Waals surface area contributed by atoms with Gasteiger partial charge in [-0.3, -0.25) is 14.2 Å². The molecule has 1 aromatic carbocycles. The summed E-state index contributed by atoms with van der Waals surface area (Å²) in [6.45, 7) is 2.80. The standard InChI is InChI=1S/C12H9BrINO3/c1-6(16)15-5-10(18-7(2)17)11-9(15)4-3-8(13)12(11)14/h3-5H,1-2H3. The Labute approximate surface area is 126 Å². The zero-order valence-electron chi connectivity index (χ0n) is 9.66. The quantitative estimate of drug-likeness (QED) is 0.522. The molecule has 0 atom stereocenters. The number of esters is 1. The minimum Gasteiger partial charge on any atom is -0.424 e. The maximum atomic E-state index is 11.6. The Morgan fingerprint density at radius 3 is 2.56 bits per heavy atom. The molecule has 1 aromatic heterocycles. The van der Waals surface area contributed by atoms with Crippen LogP contribution in [0.3, 0.4) is 0 Å². The van der Waals surface area contributed by atoms with E-state index < -0.39 is 5.97 Å². The largest absolute Gasteiger partial charge is 0.424 e. The summed E-state index contributed by atoms with van der Waals surface area (Å²) in [6.07, 6.45) is 1.54. The van der Waals surface area contributed by atoms with E-state index in [9.17, 15) is 9.59 Å². The molecule has 4 nitrogen and oxygen atoms in total. The molecule has 2 rings (SSSR count). The van der Waals surface area contributed by atoms with Gasteiger partial charge in [0.05, 0.1) is 17.1 Å². The molecule has 0 aliphatic rings. The molecule has 18 heavy (non-hydrogen) atoms. The predicted molar refractivity (Wildman–Crippen MR) is 80.0 cm³/mol. The van der Waals surface area contributed by atoms with E-state index in [1.165, 1.54) is 18.4 Å². The number of ether oxygens (including phenoxy) is 1. The lowest BCUT2D eigenvalue weighted by Crippen LogP contribution is -2.03. The smallest absolute Gasteiger partial charge is 0.308 e. The van der Waals surface area contributed by atoms with Crippen molar-refractivity contribution in [2.75, 3.05) is 0 Å². The Kier molecular flexibility index (Phi) is 3.76. The SMILES string of the molecule is CC(=O)Oc1cn(C(C)=O)c2ccc(Br)c(I)c12. The number of carbonyl (C=O) groups excluding carboxylic acids is 2. The maximum absolute atomic E-state index is 11.6. The highest BCUT2D eigenvalue weighted by atomic mass is 127. The summed E-state index contributed by atoms with van der Waals surface area (Å²) in [4.78, 5) is 22.7. The summed E-state index contributed by atoms with van der Waals surface area (Å²) in [5.74, 6) is -0.136. The van der Waals surface area contributed by atoms with Crippen LogP contribution in [-0.4, -0.2) is 16.4 Å². The molecule has 0 bridgehead atoms. The molecule has 1 heterocycles. The van der Waals surface area contributed by atoms with E-state index in [-0.39, 0.29) is 5.91 Å². The average Bonchev–Trinajstić information content (AvgIpc) is 2.62. The molecule has 6 heteroatoms. The van der Waals surface area contributed by atoms with E-state index in [4.69, 9.17) is 4.74 Å². The van der Waals surface area contributed by atoms with Crippen LogP contribution >= 0.6 is 38.5 Å². The van der Waals surface area contributed by atoms with Gasteiger partial charge in [0.2, 0.25) is 5.91 Å². The minimum absolute atomic E-state index is 0.128. The number of benzene rings is 1. The first kappa shape index (κ1) is 13.5. The van der Waals surface area contributed by atoms with Crippen molar-refractivity contribution in [3.05, 3.63) is 26.4 Å². The third kappa shape index (κ3) is 2.31. The normalized spacial score (nSPS) is 10.7. The zero-order valence-corrected chi connectivity index (χ0v) is 13.4. The molecule has 0 aliphatic carbocycles. The van der Waals surface area contributed by atoms with Gasteiger partial charge < -0.3 is 4.74 Å². The van der Waals surface area contributed by atoms with Crippen LogP contribution in [0.4, 0.5) is 0 Å². The lowest BCUT2D eigenvalue weighted by Gasteiger charge is -2.02. The second kappa shape index (κ2) is 5.00. The Bertz CT molecular complexity index is 663. The monoisotopic (exact) mass is 421 g/mol. The van der Waals surface area contributed by atoms with E-state index in [1.807, 2.05) is 12.1 Å². The zero-order chi connectivity index (χ0) is 13.4. The number of fused-ring (bicyclic) bond motifs is 1. The summed E-state index contributed by atoms with van der Waals surface area (Å²) in [5.41, 5.74) is 0.728. The van der Waals surface area contributed by atoms with E-state index in [2.05, 4.69) is 38.5 Å². The molecule has 0 amide bonds. The first-order valence-corrected chi connectivity index (χ1v) is 6.97. The molecule has 0 fully saturated rings. The number of halogens is 2. The van der Waals surface area contributed by atoms with Crippen molar-refractivity contribution in [1.29, 1.82) is 0 Å². The van der Waals surface area contributed by atoms with Crippen LogP contribution < -0.4 is 4.74 Å². The Hall–Kier alpha value is -0.890. The van der Waals surface area contributed by atoms with Gasteiger partial charge in [-0.25, -0.2) is 0 Å². The van der Waals surface area contributed by atoms with Crippen LogP contribution in [0.1, 0.15) is 18.6 Å². The van der Waals surface area contributed by atoms with E-state index in [0.717, 1.165) is 18.9 Å². The Morgan fingerprint density at radius 1 is 1.33 bits per heavy atom. The molecule has 0 N–H and O–H groups in total. The van der Waals surface area contributed by atoms with Gasteiger partial charge in [-0.1, -0.05) is 0 Å². The first-order chi connectivity index (χ1) is 8.41. The minimum atomic E-state index is -0.409. The van der Waals surface area contributed by atoms with Crippen molar-refractivity contribution < 1.29 is 14.3 Å². The third-order valence-electron chi connectivity index (χ3n) is 2.42. The number of nitrogens with zero attached hydrogens (tertiary/aromatic N) is 1. The highest BCUT2D eigenvalue weighted by molar-refractivity contribution is 14.1. The van der Waals surface area contributed by atoms with Gasteiger partial charge in [0.15, 0.2) is 5.75 Å². The Balaban J connectivity index is 2.81. The van der Waals surface area contributed by atoms with Crippen LogP contribution in [0.15, 0.2) is 22.8 Å². The van der Waals surface area contributed by atoms with E-state index in [0.29, 0.717) is 5.75 Å². The highest BCUT2D eigenvalue weighted by Crippen LogP contribution is 2.36. The van der Waals surface area contributed by atoms with Crippen LogP contribution in [0.2, 0.25) is 0 Å². The van der Waals surface area contributed by atoms with Crippen LogP contribution in [0, 0.1) is 3.57 Å². The second-order valence-corrected chi connectivity index (χ2v) is 5.66. The fourth-order valence-electron chi connectivity index (χ4n) is 1.72. The van der Waals surface area contributed by atoms with Gasteiger partial charge in [-0.05, 0) is 50.7 Å². The van der Waals surface area contributed by atoms with Crippen molar-refractivity contribution in [2.45, 2.75) is 13.8 Å². The summed E-state index contributed by atoms with van der Waals surface area (Å²) >= 11 is 5.57. The number of hydrogen-bond acceptors (Lipinski definition) is 3. The first-order valence-electron chi connectivity index (χ1n) is 5.10. The van der Waals surface area contributed by atoms with Crippen molar-refractivity contribution in [1.82, 2.24) is 4.57 Å². The van der Waals surface area contributed by atoms with Gasteiger partial charge in [0.25, 0.3) is 0 Å². The fourth-order valence-corrected chi connectivity index (χ4v) is 2.77. The topological polar surface area (TPSA) is 48.3 Å². The molecule has 0 spiro atoms. The van der Waals surface area contributed by atoms with Crippen molar-refractivity contribution in [3.63, 3.8) is 0 Å². The Morgan fingerprint density at radius 2 is 2.00 bits per heavy atom. The number of rotatable bonds is 1. The molecule has 0 unspecified atom stereocenters. The fraction of sp³-hybridized carbons (Fsp3) is 0.167. The predicted octanol–water partition coefficient (Wildman–Crippen LogP) is 3.59. The number of aromatic nitrogens is 1. The summed E-state index contributed by atoms with van der Waals surface area (Å²) in [7, 11) is 0. The second-order valence-electron chi connectivity index (χ2n) is 3.73. The maximum Gasteiger partial charge on any atom is 0.308 e. The molecule has 2 aromatic rings. The average molecular weight is 422 g/mol. The van der Waals surface area contributed by atoms with Gasteiger partial charge in [0.1, 0.15) is 0 Å². The molecular formula is C12H9BrINO3. The molecule has 0 saturated carbocycles. The van der Waals surface area contributed by atoms with Crippen molar-refractivity contribution >= 4 is 61.3 Å². The number of carbonyl (C=O) groups is 2.